The summed E-state index contributed by atoms with van der Waals surface area (Å²) in [6.45, 7) is 12.6. The molecule has 8 amide bonds. The Bertz CT molecular complexity index is 1800. The molecule has 0 radical (unpaired) electrons. The van der Waals surface area contributed by atoms with Gasteiger partial charge in [-0.15, -0.1) is 0 Å². The summed E-state index contributed by atoms with van der Waals surface area (Å²) in [5, 5.41) is 30.6. The van der Waals surface area contributed by atoms with Crippen molar-refractivity contribution in [2.75, 3.05) is 26.2 Å². The molecule has 1 unspecified atom stereocenters. The number of nitrogens with one attached hydrogen (secondary N) is 8. The Morgan fingerprint density at radius 3 is 1.25 bits per heavy atom. The molecule has 0 heterocycles. The van der Waals surface area contributed by atoms with Crippen molar-refractivity contribution in [3.05, 3.63) is 35.9 Å². The number of hydrogen-bond acceptors (Lipinski definition) is 13. The molecule has 69 heavy (non-hydrogen) atoms. The van der Waals surface area contributed by atoms with Crippen molar-refractivity contribution in [2.45, 2.75) is 161 Å². The molecule has 0 aliphatic rings. The summed E-state index contributed by atoms with van der Waals surface area (Å²) >= 11 is 0. The number of amides is 8. The normalized spacial score (nSPS) is 15.1. The Kier molecular flexibility index (Phi) is 29.3. The zero-order valence-electron chi connectivity index (χ0n) is 41.6. The first-order chi connectivity index (χ1) is 32.6. The second-order valence-corrected chi connectivity index (χ2v) is 18.4. The van der Waals surface area contributed by atoms with Crippen LogP contribution in [0.2, 0.25) is 0 Å². The Morgan fingerprint density at radius 1 is 0.464 bits per heavy atom. The maximum Gasteiger partial charge on any atom is 0.326 e. The monoisotopic (exact) mass is 975 g/mol. The first-order valence-corrected chi connectivity index (χ1v) is 24.1. The Morgan fingerprint density at radius 2 is 0.826 bits per heavy atom. The Labute approximate surface area is 406 Å². The zero-order chi connectivity index (χ0) is 52.2. The van der Waals surface area contributed by atoms with E-state index in [2.05, 4.69) is 42.5 Å². The summed E-state index contributed by atoms with van der Waals surface area (Å²) < 4.78 is 0. The molecule has 0 aromatic heterocycles. The maximum atomic E-state index is 14.1. The van der Waals surface area contributed by atoms with Gasteiger partial charge in [-0.3, -0.25) is 38.4 Å². The molecule has 0 saturated heterocycles. The lowest BCUT2D eigenvalue weighted by molar-refractivity contribution is -0.143. The molecular weight excluding hydrogens is 893 g/mol. The summed E-state index contributed by atoms with van der Waals surface area (Å²) in [5.74, 6) is -6.71. The predicted molar refractivity (Wildman–Crippen MR) is 261 cm³/mol. The maximum absolute atomic E-state index is 14.1. The average Bonchev–Trinajstić information content (AvgIpc) is 3.29. The third kappa shape index (κ3) is 23.9. The van der Waals surface area contributed by atoms with Crippen molar-refractivity contribution in [1.82, 2.24) is 42.5 Å². The predicted octanol–water partition coefficient (Wildman–Crippen LogP) is -1.47. The molecule has 9 atom stereocenters. The number of carbonyl (C=O) groups excluding carboxylic acids is 8. The molecule has 22 heteroatoms. The minimum Gasteiger partial charge on any atom is -0.480 e. The molecule has 1 rings (SSSR count). The van der Waals surface area contributed by atoms with E-state index < -0.39 is 95.7 Å². The van der Waals surface area contributed by atoms with Gasteiger partial charge in [-0.1, -0.05) is 78.3 Å². The van der Waals surface area contributed by atoms with Gasteiger partial charge in [0.2, 0.25) is 47.3 Å². The van der Waals surface area contributed by atoms with Crippen LogP contribution in [-0.4, -0.2) is 133 Å². The largest absolute Gasteiger partial charge is 0.480 e. The third-order valence-corrected chi connectivity index (χ3v) is 11.3. The van der Waals surface area contributed by atoms with Gasteiger partial charge >= 0.3 is 5.97 Å². The second-order valence-electron chi connectivity index (χ2n) is 18.4. The fraction of sp³-hybridized carbons (Fsp3) is 0.681. The highest BCUT2D eigenvalue weighted by Gasteiger charge is 2.34. The van der Waals surface area contributed by atoms with Crippen LogP contribution in [0.15, 0.2) is 30.3 Å². The first kappa shape index (κ1) is 61.3. The van der Waals surface area contributed by atoms with Crippen molar-refractivity contribution in [3.8, 4) is 0 Å². The average molecular weight is 975 g/mol. The van der Waals surface area contributed by atoms with E-state index in [1.807, 2.05) is 27.7 Å². The van der Waals surface area contributed by atoms with Crippen LogP contribution in [0.3, 0.4) is 0 Å². The Hall–Kier alpha value is -5.71. The van der Waals surface area contributed by atoms with E-state index >= 15 is 0 Å². The fourth-order valence-electron chi connectivity index (χ4n) is 7.08. The van der Waals surface area contributed by atoms with E-state index in [1.165, 1.54) is 6.92 Å². The zero-order valence-corrected chi connectivity index (χ0v) is 41.6. The van der Waals surface area contributed by atoms with Crippen molar-refractivity contribution in [2.24, 2.45) is 40.7 Å². The molecule has 0 aliphatic carbocycles. The van der Waals surface area contributed by atoms with Gasteiger partial charge in [0.25, 0.3) is 0 Å². The number of carboxylic acid groups (broad SMARTS) is 1. The minimum atomic E-state index is -1.31. The van der Waals surface area contributed by atoms with Crippen LogP contribution in [0.5, 0.6) is 0 Å². The van der Waals surface area contributed by atoms with Crippen molar-refractivity contribution in [1.29, 1.82) is 0 Å². The molecule has 17 N–H and O–H groups in total. The minimum absolute atomic E-state index is 0.00443. The van der Waals surface area contributed by atoms with Gasteiger partial charge in [0.1, 0.15) is 48.3 Å². The topological polar surface area (TPSA) is 374 Å². The number of rotatable bonds is 34. The van der Waals surface area contributed by atoms with Crippen LogP contribution >= 0.6 is 0 Å². The molecule has 1 aromatic rings. The summed E-state index contributed by atoms with van der Waals surface area (Å²) in [4.78, 5) is 120. The van der Waals surface area contributed by atoms with E-state index in [0.29, 0.717) is 17.9 Å². The lowest BCUT2D eigenvalue weighted by atomic mass is 10.0. The lowest BCUT2D eigenvalue weighted by Gasteiger charge is -2.28. The van der Waals surface area contributed by atoms with Crippen molar-refractivity contribution in [3.63, 3.8) is 0 Å². The van der Waals surface area contributed by atoms with Crippen LogP contribution in [0, 0.1) is 17.8 Å². The van der Waals surface area contributed by atoms with E-state index in [0.717, 1.165) is 6.42 Å². The second kappa shape index (κ2) is 32.9. The number of nitrogens with two attached hydrogens (primary N) is 4. The lowest BCUT2D eigenvalue weighted by Crippen LogP contribution is -2.60. The van der Waals surface area contributed by atoms with E-state index in [4.69, 9.17) is 22.9 Å². The quantitative estimate of drug-likeness (QED) is 0.0375. The molecule has 0 fully saturated rings. The number of carboxylic acids is 1. The van der Waals surface area contributed by atoms with Gasteiger partial charge in [-0.25, -0.2) is 4.79 Å². The van der Waals surface area contributed by atoms with Crippen LogP contribution in [0.25, 0.3) is 0 Å². The fourth-order valence-corrected chi connectivity index (χ4v) is 7.08. The SMILES string of the molecule is CCC(C)CCC(=O)N[C@H](CCN)C(=O)N[C@@H](CCN)C(=O)N[C@@H](C)C(=O)N[C@@H](CC(C)C)C(=O)N[C@H](Cc1ccccc1)C(=O)N[C@@H](CCN)C(=O)N[C@@H](CCN)C(=O)N[C@@H](CC(C)C)C(=O)O. The highest BCUT2D eigenvalue weighted by Crippen LogP contribution is 2.12. The van der Waals surface area contributed by atoms with Gasteiger partial charge in [0.05, 0.1) is 0 Å². The number of hydrogen-bond donors (Lipinski definition) is 13. The summed E-state index contributed by atoms with van der Waals surface area (Å²) in [6, 6.07) is -1.00. The van der Waals surface area contributed by atoms with Crippen molar-refractivity contribution >= 4 is 53.2 Å². The molecule has 390 valence electrons. The van der Waals surface area contributed by atoms with Crippen LogP contribution in [0.1, 0.15) is 112 Å². The van der Waals surface area contributed by atoms with E-state index in [9.17, 15) is 48.3 Å². The molecule has 0 saturated carbocycles. The van der Waals surface area contributed by atoms with Gasteiger partial charge in [0.15, 0.2) is 0 Å². The first-order valence-electron chi connectivity index (χ1n) is 24.1. The summed E-state index contributed by atoms with van der Waals surface area (Å²) in [6.07, 6.45) is 1.92. The van der Waals surface area contributed by atoms with Gasteiger partial charge in [-0.05, 0) is 101 Å². The molecule has 0 aliphatic heterocycles. The van der Waals surface area contributed by atoms with Gasteiger partial charge in [-0.2, -0.15) is 0 Å². The van der Waals surface area contributed by atoms with Crippen LogP contribution < -0.4 is 65.5 Å². The third-order valence-electron chi connectivity index (χ3n) is 11.3. The molecule has 0 spiro atoms. The summed E-state index contributed by atoms with van der Waals surface area (Å²) in [5.41, 5.74) is 23.7. The standard InChI is InChI=1S/C47H82N12O10/c1-8-29(6)14-15-39(60)53-32(16-20-48)42(63)54-33(17-21-49)41(62)52-30(7)40(61)57-36(24-27(2)3)45(66)58-37(26-31-12-10-9-11-13-31)46(67)56-34(18-22-50)43(64)55-35(19-23-51)44(65)59-38(47(68)69)25-28(4)5/h9-13,27-30,32-38H,8,14-26,48-51H2,1-7H3,(H,52,62)(H,53,60)(H,54,63)(H,55,64)(H,56,67)(H,57,61)(H,58,66)(H,59,65)(H,68,69)/t29?,30-,32+,33-,34-,35-,36-,37+,38-/m0/s1. The Balaban J connectivity index is 3.29. The molecular formula is C47H82N12O10. The van der Waals surface area contributed by atoms with Crippen LogP contribution in [0.4, 0.5) is 0 Å². The number of benzene rings is 1. The van der Waals surface area contributed by atoms with E-state index in [-0.39, 0.29) is 95.3 Å². The van der Waals surface area contributed by atoms with Crippen molar-refractivity contribution < 1.29 is 48.3 Å². The molecule has 22 nitrogen and oxygen atoms in total. The smallest absolute Gasteiger partial charge is 0.326 e. The highest BCUT2D eigenvalue weighted by atomic mass is 16.4. The number of carbonyl (C=O) groups is 9. The van der Waals surface area contributed by atoms with Gasteiger partial charge < -0.3 is 70.6 Å². The summed E-state index contributed by atoms with van der Waals surface area (Å²) in [7, 11) is 0. The van der Waals surface area contributed by atoms with Crippen LogP contribution in [-0.2, 0) is 49.6 Å². The molecule has 0 bridgehead atoms. The van der Waals surface area contributed by atoms with Gasteiger partial charge in [0, 0.05) is 12.8 Å². The molecule has 1 aromatic carbocycles. The van der Waals surface area contributed by atoms with E-state index in [1.54, 1.807) is 44.2 Å². The number of aliphatic carboxylic acids is 1. The highest BCUT2D eigenvalue weighted by molar-refractivity contribution is 5.98.